The molecule has 2 rings (SSSR count). The Morgan fingerprint density at radius 1 is 1.44 bits per heavy atom. The Bertz CT molecular complexity index is 426. The van der Waals surface area contributed by atoms with Gasteiger partial charge in [-0.2, -0.15) is 10.4 Å². The molecule has 1 aliphatic carbocycles. The van der Waals surface area contributed by atoms with Crippen molar-refractivity contribution in [3.05, 3.63) is 12.2 Å². The highest BCUT2D eigenvalue weighted by molar-refractivity contribution is 5.85. The fraction of sp³-hybridized carbons (Fsp3) is 0.667. The molecule has 0 radical (unpaired) electrons. The Kier molecular flexibility index (Phi) is 3.92. The molecule has 96 valence electrons. The Hall–Kier alpha value is -1.90. The Labute approximate surface area is 106 Å². The summed E-state index contributed by atoms with van der Waals surface area (Å²) in [5, 5.41) is 18.5. The van der Waals surface area contributed by atoms with Crippen LogP contribution in [0.25, 0.3) is 0 Å². The summed E-state index contributed by atoms with van der Waals surface area (Å²) in [5.74, 6) is 0.424. The molecule has 1 heterocycles. The van der Waals surface area contributed by atoms with Crippen molar-refractivity contribution in [1.82, 2.24) is 20.5 Å². The summed E-state index contributed by atoms with van der Waals surface area (Å²) in [4.78, 5) is 16.1. The van der Waals surface area contributed by atoms with Gasteiger partial charge in [0.15, 0.2) is 0 Å². The SMILES string of the molecule is N#CC1(C(=O)NCc2ncn[nH]2)CCCCCC1. The van der Waals surface area contributed by atoms with E-state index in [1.165, 1.54) is 6.33 Å². The van der Waals surface area contributed by atoms with Gasteiger partial charge in [-0.05, 0) is 12.8 Å². The molecule has 0 spiro atoms. The minimum atomic E-state index is -0.851. The molecular formula is C12H17N5O. The van der Waals surface area contributed by atoms with Gasteiger partial charge in [0.1, 0.15) is 17.6 Å². The minimum Gasteiger partial charge on any atom is -0.347 e. The highest BCUT2D eigenvalue weighted by Crippen LogP contribution is 2.34. The second-order valence-electron chi connectivity index (χ2n) is 4.72. The lowest BCUT2D eigenvalue weighted by Crippen LogP contribution is -2.39. The van der Waals surface area contributed by atoms with Gasteiger partial charge in [-0.1, -0.05) is 25.7 Å². The van der Waals surface area contributed by atoms with Crippen molar-refractivity contribution >= 4 is 5.91 Å². The fourth-order valence-electron chi connectivity index (χ4n) is 2.37. The standard InChI is InChI=1S/C12H17N5O/c13-8-12(5-3-1-2-4-6-12)11(18)14-7-10-15-9-16-17-10/h9H,1-7H2,(H,14,18)(H,15,16,17). The van der Waals surface area contributed by atoms with E-state index < -0.39 is 5.41 Å². The molecule has 1 amide bonds. The molecular weight excluding hydrogens is 230 g/mol. The van der Waals surface area contributed by atoms with Gasteiger partial charge in [-0.25, -0.2) is 4.98 Å². The van der Waals surface area contributed by atoms with E-state index >= 15 is 0 Å². The summed E-state index contributed by atoms with van der Waals surface area (Å²) >= 11 is 0. The van der Waals surface area contributed by atoms with Crippen LogP contribution in [0.1, 0.15) is 44.3 Å². The van der Waals surface area contributed by atoms with Crippen molar-refractivity contribution in [1.29, 1.82) is 5.26 Å². The number of aromatic nitrogens is 3. The van der Waals surface area contributed by atoms with Gasteiger partial charge < -0.3 is 5.32 Å². The molecule has 0 aromatic carbocycles. The summed E-state index contributed by atoms with van der Waals surface area (Å²) in [5.41, 5.74) is -0.851. The lowest BCUT2D eigenvalue weighted by Gasteiger charge is -2.23. The summed E-state index contributed by atoms with van der Waals surface area (Å²) < 4.78 is 0. The first-order chi connectivity index (χ1) is 8.77. The van der Waals surface area contributed by atoms with Gasteiger partial charge in [0, 0.05) is 0 Å². The van der Waals surface area contributed by atoms with Crippen LogP contribution in [0.15, 0.2) is 6.33 Å². The van der Waals surface area contributed by atoms with E-state index in [4.69, 9.17) is 0 Å². The van der Waals surface area contributed by atoms with Crippen molar-refractivity contribution < 1.29 is 4.79 Å². The zero-order valence-corrected chi connectivity index (χ0v) is 10.3. The average Bonchev–Trinajstić information content (AvgIpc) is 2.79. The smallest absolute Gasteiger partial charge is 0.240 e. The summed E-state index contributed by atoms with van der Waals surface area (Å²) in [6.45, 7) is 0.294. The number of nitrogens with zero attached hydrogens (tertiary/aromatic N) is 3. The number of rotatable bonds is 3. The molecule has 1 saturated carbocycles. The van der Waals surface area contributed by atoms with Gasteiger partial charge in [0.05, 0.1) is 12.6 Å². The van der Waals surface area contributed by atoms with Gasteiger partial charge in [0.25, 0.3) is 0 Å². The molecule has 1 aromatic rings. The lowest BCUT2D eigenvalue weighted by molar-refractivity contribution is -0.129. The van der Waals surface area contributed by atoms with Gasteiger partial charge in [0.2, 0.25) is 5.91 Å². The highest BCUT2D eigenvalue weighted by Gasteiger charge is 2.38. The van der Waals surface area contributed by atoms with Crippen LogP contribution in [0.4, 0.5) is 0 Å². The molecule has 1 aromatic heterocycles. The number of nitriles is 1. The van der Waals surface area contributed by atoms with Gasteiger partial charge >= 0.3 is 0 Å². The molecule has 2 N–H and O–H groups in total. The first-order valence-corrected chi connectivity index (χ1v) is 6.31. The Morgan fingerprint density at radius 2 is 2.17 bits per heavy atom. The van der Waals surface area contributed by atoms with E-state index in [0.29, 0.717) is 25.2 Å². The molecule has 6 heteroatoms. The largest absolute Gasteiger partial charge is 0.347 e. The highest BCUT2D eigenvalue weighted by atomic mass is 16.2. The number of nitrogens with one attached hydrogen (secondary N) is 2. The second kappa shape index (κ2) is 5.63. The van der Waals surface area contributed by atoms with E-state index in [0.717, 1.165) is 25.7 Å². The lowest BCUT2D eigenvalue weighted by atomic mass is 9.81. The van der Waals surface area contributed by atoms with E-state index in [2.05, 4.69) is 26.6 Å². The number of carbonyl (C=O) groups is 1. The van der Waals surface area contributed by atoms with Crippen LogP contribution < -0.4 is 5.32 Å². The van der Waals surface area contributed by atoms with Crippen LogP contribution in [0.3, 0.4) is 0 Å². The van der Waals surface area contributed by atoms with E-state index in [9.17, 15) is 10.1 Å². The predicted octanol–water partition coefficient (Wildman–Crippen LogP) is 1.29. The normalized spacial score (nSPS) is 18.6. The van der Waals surface area contributed by atoms with Crippen LogP contribution in [-0.4, -0.2) is 21.1 Å². The zero-order chi connectivity index (χ0) is 12.8. The molecule has 0 bridgehead atoms. The molecule has 6 nitrogen and oxygen atoms in total. The monoisotopic (exact) mass is 247 g/mol. The third-order valence-electron chi connectivity index (χ3n) is 3.49. The van der Waals surface area contributed by atoms with E-state index in [1.807, 2.05) is 0 Å². The van der Waals surface area contributed by atoms with E-state index in [1.54, 1.807) is 0 Å². The maximum atomic E-state index is 12.2. The van der Waals surface area contributed by atoms with Gasteiger partial charge in [-0.3, -0.25) is 9.89 Å². The fourth-order valence-corrected chi connectivity index (χ4v) is 2.37. The second-order valence-corrected chi connectivity index (χ2v) is 4.72. The molecule has 0 unspecified atom stereocenters. The topological polar surface area (TPSA) is 94.5 Å². The number of hydrogen-bond donors (Lipinski definition) is 2. The molecule has 0 saturated heterocycles. The number of carbonyl (C=O) groups excluding carboxylic acids is 1. The summed E-state index contributed by atoms with van der Waals surface area (Å²) in [6.07, 6.45) is 6.83. The van der Waals surface area contributed by atoms with Crippen LogP contribution in [0, 0.1) is 16.7 Å². The Morgan fingerprint density at radius 3 is 2.72 bits per heavy atom. The molecule has 18 heavy (non-hydrogen) atoms. The minimum absolute atomic E-state index is 0.177. The first-order valence-electron chi connectivity index (χ1n) is 6.31. The van der Waals surface area contributed by atoms with Crippen LogP contribution in [0.2, 0.25) is 0 Å². The van der Waals surface area contributed by atoms with Crippen molar-refractivity contribution in [2.45, 2.75) is 45.1 Å². The van der Waals surface area contributed by atoms with E-state index in [-0.39, 0.29) is 5.91 Å². The van der Waals surface area contributed by atoms with Crippen LogP contribution in [0.5, 0.6) is 0 Å². The number of aromatic amines is 1. The summed E-state index contributed by atoms with van der Waals surface area (Å²) in [6, 6.07) is 2.23. The quantitative estimate of drug-likeness (QED) is 0.787. The third-order valence-corrected chi connectivity index (χ3v) is 3.49. The maximum absolute atomic E-state index is 12.2. The maximum Gasteiger partial charge on any atom is 0.240 e. The zero-order valence-electron chi connectivity index (χ0n) is 10.3. The Balaban J connectivity index is 1.98. The number of amides is 1. The predicted molar refractivity (Wildman–Crippen MR) is 64.0 cm³/mol. The molecule has 1 fully saturated rings. The number of hydrogen-bond acceptors (Lipinski definition) is 4. The van der Waals surface area contributed by atoms with Gasteiger partial charge in [-0.15, -0.1) is 0 Å². The van der Waals surface area contributed by atoms with Crippen LogP contribution in [-0.2, 0) is 11.3 Å². The third kappa shape index (κ3) is 2.67. The van der Waals surface area contributed by atoms with Crippen molar-refractivity contribution in [2.75, 3.05) is 0 Å². The van der Waals surface area contributed by atoms with Crippen molar-refractivity contribution in [3.63, 3.8) is 0 Å². The summed E-state index contributed by atoms with van der Waals surface area (Å²) in [7, 11) is 0. The van der Waals surface area contributed by atoms with Crippen molar-refractivity contribution in [2.24, 2.45) is 5.41 Å². The first kappa shape index (κ1) is 12.6. The molecule has 0 aliphatic heterocycles. The molecule has 1 aliphatic rings. The number of H-pyrrole nitrogens is 1. The average molecular weight is 247 g/mol. The van der Waals surface area contributed by atoms with Crippen LogP contribution >= 0.6 is 0 Å². The van der Waals surface area contributed by atoms with Crippen molar-refractivity contribution in [3.8, 4) is 6.07 Å². The molecule has 0 atom stereocenters.